The Balaban J connectivity index is 2.59. The van der Waals surface area contributed by atoms with E-state index in [9.17, 15) is 0 Å². The molecular formula is C20H36OPb. The Hall–Kier alpha value is 0.102. The maximum atomic E-state index is 6.28. The molecule has 0 saturated heterocycles. The van der Waals surface area contributed by atoms with Gasteiger partial charge < -0.3 is 0 Å². The molecule has 22 heavy (non-hydrogen) atoms. The minimum absolute atomic E-state index is 0.812. The van der Waals surface area contributed by atoms with Gasteiger partial charge in [-0.1, -0.05) is 0 Å². The number of ether oxygens (including phenoxy) is 1. The summed E-state index contributed by atoms with van der Waals surface area (Å²) in [6.07, 6.45) is 8.34. The monoisotopic (exact) mass is 500 g/mol. The molecule has 0 aliphatic carbocycles. The van der Waals surface area contributed by atoms with Gasteiger partial charge in [0.2, 0.25) is 0 Å². The van der Waals surface area contributed by atoms with Crippen LogP contribution in [-0.4, -0.2) is 25.3 Å². The van der Waals surface area contributed by atoms with E-state index in [4.69, 9.17) is 4.74 Å². The van der Waals surface area contributed by atoms with Crippen molar-refractivity contribution in [1.29, 1.82) is 0 Å². The van der Waals surface area contributed by atoms with Gasteiger partial charge in [0, 0.05) is 0 Å². The summed E-state index contributed by atoms with van der Waals surface area (Å²) < 4.78 is 12.1. The number of benzene rings is 1. The van der Waals surface area contributed by atoms with Gasteiger partial charge in [-0.15, -0.1) is 0 Å². The first kappa shape index (κ1) is 20.1. The van der Waals surface area contributed by atoms with Crippen molar-refractivity contribution in [3.63, 3.8) is 0 Å². The van der Waals surface area contributed by atoms with E-state index in [1.54, 1.807) is 11.9 Å². The van der Waals surface area contributed by atoms with Crippen LogP contribution in [0.25, 0.3) is 0 Å². The molecule has 0 aliphatic heterocycles. The fourth-order valence-corrected chi connectivity index (χ4v) is 22.8. The molecule has 1 aromatic rings. The first-order valence-corrected chi connectivity index (χ1v) is 20.4. The van der Waals surface area contributed by atoms with Crippen LogP contribution in [0.3, 0.4) is 0 Å². The second-order valence-corrected chi connectivity index (χ2v) is 25.4. The van der Waals surface area contributed by atoms with E-state index in [2.05, 4.69) is 51.1 Å². The van der Waals surface area contributed by atoms with Crippen LogP contribution in [-0.2, 0) is 11.3 Å². The van der Waals surface area contributed by atoms with Gasteiger partial charge >= 0.3 is 144 Å². The van der Waals surface area contributed by atoms with Crippen molar-refractivity contribution in [2.45, 2.75) is 77.8 Å². The molecule has 0 bridgehead atoms. The molecule has 0 fully saturated rings. The van der Waals surface area contributed by atoms with Gasteiger partial charge in [-0.2, -0.15) is 0 Å². The van der Waals surface area contributed by atoms with Crippen LogP contribution < -0.4 is 0 Å². The van der Waals surface area contributed by atoms with Crippen LogP contribution in [0.5, 0.6) is 0 Å². The van der Waals surface area contributed by atoms with E-state index in [0.717, 1.165) is 10.8 Å². The molecule has 0 radical (unpaired) electrons. The minimum atomic E-state index is -2.22. The zero-order valence-electron chi connectivity index (χ0n) is 15.1. The number of hydrogen-bond acceptors (Lipinski definition) is 1. The zero-order valence-corrected chi connectivity index (χ0v) is 19.0. The summed E-state index contributed by atoms with van der Waals surface area (Å²) in [6.45, 7) is 7.82. The predicted octanol–water partition coefficient (Wildman–Crippen LogP) is 6.59. The molecule has 1 rings (SSSR count). The standard InChI is InChI=1S/C8H9O.3C4H9.Pb/c1-9-7-8-5-3-2-4-6-8;3*1-3-4-2;/h2-6H,1,7H2;3*1,3-4H2,2H3;. The SMILES string of the molecule is CCC[CH2][Pb]([CH2]CCC)([CH2]CCC)[CH2]OCc1ccccc1. The van der Waals surface area contributed by atoms with E-state index in [0.29, 0.717) is 0 Å². The van der Waals surface area contributed by atoms with Crippen LogP contribution in [0.4, 0.5) is 0 Å². The number of unbranched alkanes of at least 4 members (excludes halogenated alkanes) is 3. The van der Waals surface area contributed by atoms with E-state index in [1.165, 1.54) is 44.1 Å². The van der Waals surface area contributed by atoms with E-state index < -0.39 is 21.2 Å². The summed E-state index contributed by atoms with van der Waals surface area (Å²) in [5.74, 6) is 0. The summed E-state index contributed by atoms with van der Waals surface area (Å²) in [6, 6.07) is 10.7. The number of rotatable bonds is 13. The van der Waals surface area contributed by atoms with Crippen molar-refractivity contribution in [2.75, 3.05) is 4.17 Å². The summed E-state index contributed by atoms with van der Waals surface area (Å²) in [5, 5.41) is 0. The Labute approximate surface area is 143 Å². The van der Waals surface area contributed by atoms with Crippen molar-refractivity contribution in [3.05, 3.63) is 35.9 Å². The van der Waals surface area contributed by atoms with Crippen LogP contribution >= 0.6 is 0 Å². The first-order chi connectivity index (χ1) is 10.8. The molecule has 0 atom stereocenters. The second kappa shape index (κ2) is 12.5. The molecule has 0 heterocycles. The van der Waals surface area contributed by atoms with Crippen molar-refractivity contribution in [3.8, 4) is 0 Å². The first-order valence-electron chi connectivity index (χ1n) is 9.38. The molecule has 2 heteroatoms. The van der Waals surface area contributed by atoms with Gasteiger partial charge in [0.25, 0.3) is 0 Å². The molecule has 0 amide bonds. The van der Waals surface area contributed by atoms with E-state index in [1.807, 2.05) is 0 Å². The summed E-state index contributed by atoms with van der Waals surface area (Å²) in [7, 11) is 0. The molecule has 126 valence electrons. The van der Waals surface area contributed by atoms with E-state index >= 15 is 0 Å². The van der Waals surface area contributed by atoms with Crippen molar-refractivity contribution < 1.29 is 4.74 Å². The van der Waals surface area contributed by atoms with Crippen molar-refractivity contribution in [1.82, 2.24) is 0 Å². The Morgan fingerprint density at radius 3 is 1.73 bits per heavy atom. The summed E-state index contributed by atoms with van der Waals surface area (Å²) in [5.41, 5.74) is 1.33. The molecule has 0 aromatic heterocycles. The molecule has 0 spiro atoms. The van der Waals surface area contributed by atoms with Crippen LogP contribution in [0.1, 0.15) is 64.9 Å². The zero-order chi connectivity index (χ0) is 16.1. The third-order valence-electron chi connectivity index (χ3n) is 4.70. The third kappa shape index (κ3) is 8.09. The fraction of sp³-hybridized carbons (Fsp3) is 0.700. The maximum absolute atomic E-state index is 6.28. The summed E-state index contributed by atoms with van der Waals surface area (Å²) >= 11 is -2.22. The van der Waals surface area contributed by atoms with Gasteiger partial charge in [0.05, 0.1) is 0 Å². The Kier molecular flexibility index (Phi) is 11.5. The number of hydrogen-bond donors (Lipinski definition) is 0. The van der Waals surface area contributed by atoms with Crippen LogP contribution in [0.2, 0.25) is 11.9 Å². The van der Waals surface area contributed by atoms with Crippen molar-refractivity contribution in [2.24, 2.45) is 0 Å². The quantitative estimate of drug-likeness (QED) is 0.278. The topological polar surface area (TPSA) is 9.23 Å². The van der Waals surface area contributed by atoms with Gasteiger partial charge in [-0.25, -0.2) is 0 Å². The van der Waals surface area contributed by atoms with Crippen molar-refractivity contribution >= 4 is 21.2 Å². The average Bonchev–Trinajstić information content (AvgIpc) is 2.57. The molecule has 1 aromatic carbocycles. The normalized spacial score (nSPS) is 11.8. The molecule has 0 unspecified atom stereocenters. The van der Waals surface area contributed by atoms with Gasteiger partial charge in [0.1, 0.15) is 0 Å². The van der Waals surface area contributed by atoms with Gasteiger partial charge in [-0.3, -0.25) is 0 Å². The molecule has 0 N–H and O–H groups in total. The molecule has 1 nitrogen and oxygen atoms in total. The van der Waals surface area contributed by atoms with Gasteiger partial charge in [-0.05, 0) is 0 Å². The fourth-order valence-electron chi connectivity index (χ4n) is 3.21. The summed E-state index contributed by atoms with van der Waals surface area (Å²) in [4.78, 5) is 0. The Morgan fingerprint density at radius 1 is 0.773 bits per heavy atom. The van der Waals surface area contributed by atoms with Crippen LogP contribution in [0, 0.1) is 0 Å². The third-order valence-corrected chi connectivity index (χ3v) is 24.4. The second-order valence-electron chi connectivity index (χ2n) is 6.79. The van der Waals surface area contributed by atoms with Gasteiger partial charge in [0.15, 0.2) is 0 Å². The molecule has 0 aliphatic rings. The van der Waals surface area contributed by atoms with E-state index in [-0.39, 0.29) is 0 Å². The predicted molar refractivity (Wildman–Crippen MR) is 101 cm³/mol. The Bertz CT molecular complexity index is 341. The van der Waals surface area contributed by atoms with Crippen LogP contribution in [0.15, 0.2) is 30.3 Å². The Morgan fingerprint density at radius 2 is 1.27 bits per heavy atom. The average molecular weight is 500 g/mol. The molecule has 0 saturated carbocycles. The molecular weight excluding hydrogens is 463 g/mol.